The van der Waals surface area contributed by atoms with Gasteiger partial charge in [-0.15, -0.1) is 0 Å². The first-order valence-electron chi connectivity index (χ1n) is 4.43. The summed E-state index contributed by atoms with van der Waals surface area (Å²) in [5, 5.41) is 5.88. The average molecular weight is 187 g/mol. The minimum atomic E-state index is 0.602. The summed E-state index contributed by atoms with van der Waals surface area (Å²) in [6.07, 6.45) is 5.19. The molecule has 70 valence electrons. The first kappa shape index (κ1) is 9.74. The third kappa shape index (κ3) is 3.36. The van der Waals surface area contributed by atoms with Crippen molar-refractivity contribution in [3.05, 3.63) is 0 Å². The third-order valence-corrected chi connectivity index (χ3v) is 2.22. The fourth-order valence-electron chi connectivity index (χ4n) is 1.49. The maximum Gasteiger partial charge on any atom is 0.181 e. The second-order valence-corrected chi connectivity index (χ2v) is 3.87. The molecule has 0 unspecified atom stereocenters. The lowest BCUT2D eigenvalue weighted by Crippen LogP contribution is -2.46. The molecule has 1 aliphatic carbocycles. The molecule has 1 rings (SSSR count). The second-order valence-electron chi connectivity index (χ2n) is 3.46. The molecule has 2 N–H and O–H groups in total. The molecule has 0 aromatic rings. The van der Waals surface area contributed by atoms with Crippen molar-refractivity contribution in [2.45, 2.75) is 31.7 Å². The highest BCUT2D eigenvalue weighted by Crippen LogP contribution is 2.17. The Hall–Kier alpha value is -0.350. The summed E-state index contributed by atoms with van der Waals surface area (Å²) in [5.41, 5.74) is 3.02. The van der Waals surface area contributed by atoms with Crippen LogP contribution in [0.15, 0.2) is 0 Å². The van der Waals surface area contributed by atoms with Crippen LogP contribution >= 0.6 is 12.2 Å². The third-order valence-electron chi connectivity index (χ3n) is 2.02. The summed E-state index contributed by atoms with van der Waals surface area (Å²) in [6.45, 7) is 0. The number of thiocarbonyl (C=S) groups is 1. The molecule has 0 amide bonds. The van der Waals surface area contributed by atoms with Gasteiger partial charge < -0.3 is 5.32 Å². The molecule has 0 aromatic heterocycles. The number of hydrazine groups is 1. The number of hydrogen-bond donors (Lipinski definition) is 2. The molecular formula is C8H17N3S. The van der Waals surface area contributed by atoms with E-state index in [4.69, 9.17) is 12.2 Å². The van der Waals surface area contributed by atoms with Crippen molar-refractivity contribution in [1.29, 1.82) is 0 Å². The Morgan fingerprint density at radius 2 is 1.92 bits per heavy atom. The summed E-state index contributed by atoms with van der Waals surface area (Å²) in [6, 6.07) is 0.602. The maximum atomic E-state index is 5.10. The van der Waals surface area contributed by atoms with Gasteiger partial charge in [-0.3, -0.25) is 5.43 Å². The first-order chi connectivity index (χ1) is 5.68. The molecule has 0 bridgehead atoms. The van der Waals surface area contributed by atoms with Crippen molar-refractivity contribution >= 4 is 17.3 Å². The molecule has 0 aliphatic heterocycles. The van der Waals surface area contributed by atoms with Gasteiger partial charge in [-0.2, -0.15) is 0 Å². The van der Waals surface area contributed by atoms with E-state index in [0.29, 0.717) is 6.04 Å². The minimum Gasteiger partial charge on any atom is -0.359 e. The van der Waals surface area contributed by atoms with E-state index >= 15 is 0 Å². The van der Waals surface area contributed by atoms with Crippen molar-refractivity contribution in [2.75, 3.05) is 14.1 Å². The van der Waals surface area contributed by atoms with E-state index < -0.39 is 0 Å². The Morgan fingerprint density at radius 1 is 1.33 bits per heavy atom. The van der Waals surface area contributed by atoms with Crippen LogP contribution in [-0.2, 0) is 0 Å². The lowest BCUT2D eigenvalue weighted by molar-refractivity contribution is 0.357. The summed E-state index contributed by atoms with van der Waals surface area (Å²) in [5.74, 6) is 0. The van der Waals surface area contributed by atoms with Crippen LogP contribution < -0.4 is 10.7 Å². The smallest absolute Gasteiger partial charge is 0.181 e. The van der Waals surface area contributed by atoms with Gasteiger partial charge in [0.25, 0.3) is 0 Å². The zero-order valence-corrected chi connectivity index (χ0v) is 8.58. The highest BCUT2D eigenvalue weighted by Gasteiger charge is 2.15. The van der Waals surface area contributed by atoms with Crippen LogP contribution in [0.2, 0.25) is 0 Å². The Kier molecular flexibility index (Phi) is 3.75. The summed E-state index contributed by atoms with van der Waals surface area (Å²) in [4.78, 5) is 0. The second kappa shape index (κ2) is 4.62. The van der Waals surface area contributed by atoms with Gasteiger partial charge in [0.1, 0.15) is 0 Å². The Labute approximate surface area is 79.5 Å². The normalized spacial score (nSPS) is 18.2. The number of nitrogens with zero attached hydrogens (tertiary/aromatic N) is 1. The molecule has 0 saturated heterocycles. The van der Waals surface area contributed by atoms with Crippen LogP contribution in [0.4, 0.5) is 0 Å². The van der Waals surface area contributed by atoms with E-state index in [1.165, 1.54) is 25.7 Å². The molecule has 1 saturated carbocycles. The number of nitrogens with one attached hydrogen (secondary N) is 2. The van der Waals surface area contributed by atoms with E-state index in [9.17, 15) is 0 Å². The van der Waals surface area contributed by atoms with Gasteiger partial charge in [0.05, 0.1) is 0 Å². The van der Waals surface area contributed by atoms with Crippen molar-refractivity contribution in [3.8, 4) is 0 Å². The van der Waals surface area contributed by atoms with Gasteiger partial charge in [-0.05, 0) is 25.1 Å². The number of rotatable bonds is 2. The predicted molar refractivity (Wildman–Crippen MR) is 54.8 cm³/mol. The van der Waals surface area contributed by atoms with Crippen LogP contribution in [0, 0.1) is 0 Å². The average Bonchev–Trinajstić information content (AvgIpc) is 2.37. The zero-order valence-electron chi connectivity index (χ0n) is 7.76. The van der Waals surface area contributed by atoms with Crippen LogP contribution in [0.5, 0.6) is 0 Å². The van der Waals surface area contributed by atoms with Gasteiger partial charge in [0.15, 0.2) is 5.11 Å². The highest BCUT2D eigenvalue weighted by atomic mass is 32.1. The van der Waals surface area contributed by atoms with E-state index in [1.807, 2.05) is 19.1 Å². The number of hydrogen-bond acceptors (Lipinski definition) is 2. The summed E-state index contributed by atoms with van der Waals surface area (Å²) in [7, 11) is 3.87. The zero-order chi connectivity index (χ0) is 8.97. The monoisotopic (exact) mass is 187 g/mol. The Bertz CT molecular complexity index is 152. The summed E-state index contributed by atoms with van der Waals surface area (Å²) < 4.78 is 0. The van der Waals surface area contributed by atoms with Gasteiger partial charge in [-0.25, -0.2) is 5.01 Å². The topological polar surface area (TPSA) is 27.3 Å². The molecule has 1 aliphatic rings. The van der Waals surface area contributed by atoms with Crippen LogP contribution in [-0.4, -0.2) is 30.3 Å². The van der Waals surface area contributed by atoms with Crippen molar-refractivity contribution in [3.63, 3.8) is 0 Å². The molecule has 4 heteroatoms. The van der Waals surface area contributed by atoms with Crippen molar-refractivity contribution in [2.24, 2.45) is 0 Å². The minimum absolute atomic E-state index is 0.602. The van der Waals surface area contributed by atoms with E-state index in [0.717, 1.165) is 5.11 Å². The molecule has 3 nitrogen and oxygen atoms in total. The standard InChI is InChI=1S/C8H17N3S/c1-11(2)10-8(12)9-7-5-3-4-6-7/h7H,3-6H2,1-2H3,(H2,9,10,12). The van der Waals surface area contributed by atoms with E-state index in [-0.39, 0.29) is 0 Å². The summed E-state index contributed by atoms with van der Waals surface area (Å²) >= 11 is 5.10. The van der Waals surface area contributed by atoms with Crippen LogP contribution in [0.25, 0.3) is 0 Å². The quantitative estimate of drug-likeness (QED) is 0.495. The molecule has 0 atom stereocenters. The largest absolute Gasteiger partial charge is 0.359 e. The van der Waals surface area contributed by atoms with Gasteiger partial charge in [0.2, 0.25) is 0 Å². The SMILES string of the molecule is CN(C)NC(=S)NC1CCCC1. The maximum absolute atomic E-state index is 5.10. The Balaban J connectivity index is 2.16. The van der Waals surface area contributed by atoms with Gasteiger partial charge in [-0.1, -0.05) is 12.8 Å². The predicted octanol–water partition coefficient (Wildman–Crippen LogP) is 0.870. The lowest BCUT2D eigenvalue weighted by Gasteiger charge is -2.19. The fraction of sp³-hybridized carbons (Fsp3) is 0.875. The van der Waals surface area contributed by atoms with Gasteiger partial charge in [0, 0.05) is 20.1 Å². The molecule has 0 spiro atoms. The first-order valence-corrected chi connectivity index (χ1v) is 4.84. The van der Waals surface area contributed by atoms with Crippen LogP contribution in [0.3, 0.4) is 0 Å². The lowest BCUT2D eigenvalue weighted by atomic mass is 10.3. The molecule has 0 aromatic carbocycles. The van der Waals surface area contributed by atoms with Gasteiger partial charge >= 0.3 is 0 Å². The molecule has 12 heavy (non-hydrogen) atoms. The molecule has 0 heterocycles. The molecular weight excluding hydrogens is 170 g/mol. The van der Waals surface area contributed by atoms with Crippen molar-refractivity contribution in [1.82, 2.24) is 15.8 Å². The molecule has 1 fully saturated rings. The Morgan fingerprint density at radius 3 is 2.42 bits per heavy atom. The van der Waals surface area contributed by atoms with Crippen molar-refractivity contribution < 1.29 is 0 Å². The van der Waals surface area contributed by atoms with E-state index in [1.54, 1.807) is 0 Å². The highest BCUT2D eigenvalue weighted by molar-refractivity contribution is 7.80. The fourth-order valence-corrected chi connectivity index (χ4v) is 1.84. The van der Waals surface area contributed by atoms with E-state index in [2.05, 4.69) is 10.7 Å². The molecule has 0 radical (unpaired) electrons. The van der Waals surface area contributed by atoms with Crippen LogP contribution in [0.1, 0.15) is 25.7 Å².